The fourth-order valence-corrected chi connectivity index (χ4v) is 1.78. The molecule has 0 saturated carbocycles. The molecule has 0 atom stereocenters. The molecular formula is C11H8Cl2K2O4. The van der Waals surface area contributed by atoms with E-state index in [1.807, 2.05) is 0 Å². The Morgan fingerprint density at radius 1 is 1.00 bits per heavy atom. The molecule has 1 rings (SSSR count). The fraction of sp³-hybridized carbons (Fsp3) is 0.273. The summed E-state index contributed by atoms with van der Waals surface area (Å²) in [6.45, 7) is 0. The van der Waals surface area contributed by atoms with Crippen LogP contribution in [-0.4, -0.2) is 11.9 Å². The average Bonchev–Trinajstić information content (AvgIpc) is 2.19. The first-order valence-corrected chi connectivity index (χ1v) is 5.50. The number of benzene rings is 1. The van der Waals surface area contributed by atoms with Crippen LogP contribution in [0.1, 0.15) is 24.3 Å². The maximum atomic E-state index is 10.5. The van der Waals surface area contributed by atoms with Gasteiger partial charge in [0, 0.05) is 11.9 Å². The van der Waals surface area contributed by atoms with Crippen molar-refractivity contribution in [2.24, 2.45) is 0 Å². The van der Waals surface area contributed by atoms with Crippen molar-refractivity contribution in [2.75, 3.05) is 0 Å². The van der Waals surface area contributed by atoms with Crippen LogP contribution in [0.25, 0.3) is 0 Å². The topological polar surface area (TPSA) is 80.3 Å². The largest absolute Gasteiger partial charge is 1.00 e. The van der Waals surface area contributed by atoms with Gasteiger partial charge in [0.15, 0.2) is 0 Å². The minimum Gasteiger partial charge on any atom is -0.550 e. The summed E-state index contributed by atoms with van der Waals surface area (Å²) < 4.78 is 0. The quantitative estimate of drug-likeness (QED) is 0.495. The zero-order valence-corrected chi connectivity index (χ0v) is 18.4. The monoisotopic (exact) mass is 352 g/mol. The van der Waals surface area contributed by atoms with Crippen molar-refractivity contribution >= 4 is 35.1 Å². The van der Waals surface area contributed by atoms with Crippen molar-refractivity contribution in [3.05, 3.63) is 33.8 Å². The van der Waals surface area contributed by atoms with Crippen molar-refractivity contribution in [3.63, 3.8) is 0 Å². The molecule has 1 aromatic carbocycles. The molecule has 92 valence electrons. The molecule has 0 spiro atoms. The van der Waals surface area contributed by atoms with Gasteiger partial charge in [0.2, 0.25) is 0 Å². The number of hydrogen-bond donors (Lipinski definition) is 0. The molecule has 0 radical (unpaired) electrons. The van der Waals surface area contributed by atoms with Gasteiger partial charge in [-0.3, -0.25) is 0 Å². The van der Waals surface area contributed by atoms with E-state index in [4.69, 9.17) is 23.2 Å². The van der Waals surface area contributed by atoms with E-state index >= 15 is 0 Å². The van der Waals surface area contributed by atoms with Gasteiger partial charge in [0.05, 0.1) is 10.0 Å². The molecule has 0 N–H and O–H groups in total. The van der Waals surface area contributed by atoms with Gasteiger partial charge in [-0.2, -0.15) is 0 Å². The summed E-state index contributed by atoms with van der Waals surface area (Å²) in [4.78, 5) is 21.1. The van der Waals surface area contributed by atoms with Gasteiger partial charge in [0.1, 0.15) is 0 Å². The van der Waals surface area contributed by atoms with Gasteiger partial charge in [-0.05, 0) is 36.5 Å². The second-order valence-corrected chi connectivity index (χ2v) is 4.34. The van der Waals surface area contributed by atoms with Gasteiger partial charge in [-0.1, -0.05) is 29.3 Å². The average molecular weight is 353 g/mol. The van der Waals surface area contributed by atoms with Crippen LogP contribution in [0.4, 0.5) is 0 Å². The summed E-state index contributed by atoms with van der Waals surface area (Å²) >= 11 is 11.5. The fourth-order valence-electron chi connectivity index (χ4n) is 1.48. The van der Waals surface area contributed by atoms with Crippen LogP contribution in [0.2, 0.25) is 10.0 Å². The number of carboxylic acid groups (broad SMARTS) is 2. The molecule has 0 aliphatic carbocycles. The smallest absolute Gasteiger partial charge is 0.550 e. The third-order valence-corrected chi connectivity index (χ3v) is 2.98. The van der Waals surface area contributed by atoms with Crippen LogP contribution >= 0.6 is 23.2 Å². The number of aliphatic carboxylic acids is 2. The van der Waals surface area contributed by atoms with Crippen LogP contribution in [0, 0.1) is 0 Å². The number of carbonyl (C=O) groups is 2. The van der Waals surface area contributed by atoms with E-state index in [1.165, 1.54) is 18.2 Å². The molecule has 8 heteroatoms. The number of hydrogen-bond acceptors (Lipinski definition) is 4. The Kier molecular flexibility index (Phi) is 14.2. The first-order valence-electron chi connectivity index (χ1n) is 4.74. The molecule has 1 aromatic rings. The van der Waals surface area contributed by atoms with E-state index in [1.54, 1.807) is 0 Å². The zero-order valence-electron chi connectivity index (χ0n) is 10.6. The summed E-state index contributed by atoms with van der Waals surface area (Å²) in [6.07, 6.45) is -0.822. The standard InChI is InChI=1S/C11H10Cl2O4.2K/c12-8-2-1-6(3-9(8)13)7(4-10(14)15)5-11(16)17;;/h1-3,7H,4-5H2,(H,14,15)(H,16,17);;/q;2*+1/p-2. The van der Waals surface area contributed by atoms with Gasteiger partial charge in [-0.15, -0.1) is 0 Å². The van der Waals surface area contributed by atoms with Crippen molar-refractivity contribution in [2.45, 2.75) is 18.8 Å². The van der Waals surface area contributed by atoms with Crippen molar-refractivity contribution in [1.82, 2.24) is 0 Å². The number of carboxylic acids is 2. The van der Waals surface area contributed by atoms with Crippen LogP contribution in [0.3, 0.4) is 0 Å². The number of carbonyl (C=O) groups excluding carboxylic acids is 2. The van der Waals surface area contributed by atoms with Gasteiger partial charge in [-0.25, -0.2) is 0 Å². The van der Waals surface area contributed by atoms with Crippen molar-refractivity contribution in [1.29, 1.82) is 0 Å². The molecule has 0 aromatic heterocycles. The van der Waals surface area contributed by atoms with E-state index < -0.39 is 30.7 Å². The molecule has 0 aliphatic heterocycles. The summed E-state index contributed by atoms with van der Waals surface area (Å²) in [5.74, 6) is -3.40. The summed E-state index contributed by atoms with van der Waals surface area (Å²) in [6, 6.07) is 4.46. The molecule has 0 bridgehead atoms. The molecule has 4 nitrogen and oxygen atoms in total. The Bertz CT molecular complexity index is 438. The Morgan fingerprint density at radius 3 is 1.84 bits per heavy atom. The molecular weight excluding hydrogens is 345 g/mol. The molecule has 0 saturated heterocycles. The first kappa shape index (κ1) is 23.3. The minimum atomic E-state index is -1.33. The number of halogens is 2. The van der Waals surface area contributed by atoms with Crippen LogP contribution in [0.15, 0.2) is 18.2 Å². The van der Waals surface area contributed by atoms with E-state index in [9.17, 15) is 19.8 Å². The van der Waals surface area contributed by atoms with Crippen LogP contribution in [0.5, 0.6) is 0 Å². The molecule has 0 aliphatic rings. The van der Waals surface area contributed by atoms with E-state index in [-0.39, 0.29) is 108 Å². The minimum absolute atomic E-state index is 0. The van der Waals surface area contributed by atoms with Crippen molar-refractivity contribution < 1.29 is 123 Å². The molecule has 0 heterocycles. The summed E-state index contributed by atoms with van der Waals surface area (Å²) in [5.41, 5.74) is 0.479. The predicted octanol–water partition coefficient (Wildman–Crippen LogP) is -5.63. The Balaban J connectivity index is 0. The SMILES string of the molecule is O=C([O-])CC(CC(=O)[O-])c1ccc(Cl)c(Cl)c1.[K+].[K+]. The summed E-state index contributed by atoms with van der Waals surface area (Å²) in [7, 11) is 0. The summed E-state index contributed by atoms with van der Waals surface area (Å²) in [5, 5.41) is 21.6. The zero-order chi connectivity index (χ0) is 13.0. The van der Waals surface area contributed by atoms with E-state index in [0.29, 0.717) is 10.6 Å². The Hall–Kier alpha value is 2.01. The van der Waals surface area contributed by atoms with Gasteiger partial charge in [0.25, 0.3) is 0 Å². The molecule has 0 unspecified atom stereocenters. The normalized spacial score (nSPS) is 9.42. The van der Waals surface area contributed by atoms with Crippen LogP contribution in [-0.2, 0) is 9.59 Å². The Labute approximate surface area is 206 Å². The first-order chi connectivity index (χ1) is 7.90. The third-order valence-electron chi connectivity index (χ3n) is 2.24. The molecule has 0 amide bonds. The second kappa shape index (κ2) is 11.6. The number of rotatable bonds is 5. The van der Waals surface area contributed by atoms with E-state index in [0.717, 1.165) is 0 Å². The third kappa shape index (κ3) is 8.90. The van der Waals surface area contributed by atoms with Gasteiger partial charge >= 0.3 is 103 Å². The maximum Gasteiger partial charge on any atom is 1.00 e. The van der Waals surface area contributed by atoms with E-state index in [2.05, 4.69) is 0 Å². The van der Waals surface area contributed by atoms with Crippen molar-refractivity contribution in [3.8, 4) is 0 Å². The predicted molar refractivity (Wildman–Crippen MR) is 58.5 cm³/mol. The molecule has 19 heavy (non-hydrogen) atoms. The maximum absolute atomic E-state index is 10.5. The van der Waals surface area contributed by atoms with Gasteiger partial charge < -0.3 is 19.8 Å². The second-order valence-electron chi connectivity index (χ2n) is 3.52. The van der Waals surface area contributed by atoms with Crippen LogP contribution < -0.4 is 113 Å². The Morgan fingerprint density at radius 2 is 1.47 bits per heavy atom. The molecule has 0 fully saturated rings.